The number of nitrogens with one attached hydrogen (secondary N) is 1. The Morgan fingerprint density at radius 1 is 1.18 bits per heavy atom. The predicted octanol–water partition coefficient (Wildman–Crippen LogP) is 4.12. The summed E-state index contributed by atoms with van der Waals surface area (Å²) in [4.78, 5) is 12.3. The van der Waals surface area contributed by atoms with E-state index in [9.17, 15) is 9.90 Å². The number of aromatic hydroxyl groups is 1. The van der Waals surface area contributed by atoms with E-state index in [2.05, 4.69) is 15.1 Å². The first-order chi connectivity index (χ1) is 16.0. The first-order valence-electron chi connectivity index (χ1n) is 10.1. The van der Waals surface area contributed by atoms with Crippen molar-refractivity contribution in [2.24, 2.45) is 5.10 Å². The van der Waals surface area contributed by atoms with Crippen LogP contribution in [0.5, 0.6) is 17.2 Å². The molecule has 3 aromatic carbocycles. The van der Waals surface area contributed by atoms with Crippen molar-refractivity contribution in [2.45, 2.75) is 6.54 Å². The van der Waals surface area contributed by atoms with Gasteiger partial charge in [0, 0.05) is 45.9 Å². The number of carbonyl (C=O) groups is 1. The number of halogens is 1. The second-order valence-corrected chi connectivity index (χ2v) is 7.90. The molecular formula is C24H19ClN4O4. The van der Waals surface area contributed by atoms with Crippen LogP contribution in [0.25, 0.3) is 10.9 Å². The molecule has 9 heteroatoms. The summed E-state index contributed by atoms with van der Waals surface area (Å²) in [5.74, 6) is 0.829. The van der Waals surface area contributed by atoms with Crippen molar-refractivity contribution in [1.82, 2.24) is 9.99 Å². The van der Waals surface area contributed by atoms with Gasteiger partial charge in [-0.25, -0.2) is 5.43 Å². The van der Waals surface area contributed by atoms with Crippen molar-refractivity contribution in [2.75, 3.05) is 12.5 Å². The monoisotopic (exact) mass is 462 g/mol. The van der Waals surface area contributed by atoms with Crippen molar-refractivity contribution in [3.63, 3.8) is 0 Å². The van der Waals surface area contributed by atoms with Gasteiger partial charge in [0.2, 0.25) is 6.79 Å². The molecule has 4 N–H and O–H groups in total. The van der Waals surface area contributed by atoms with E-state index in [1.54, 1.807) is 12.3 Å². The third kappa shape index (κ3) is 4.04. The number of rotatable bonds is 5. The quantitative estimate of drug-likeness (QED) is 0.179. The summed E-state index contributed by atoms with van der Waals surface area (Å²) in [6.07, 6.45) is 3.56. The molecule has 0 atom stereocenters. The summed E-state index contributed by atoms with van der Waals surface area (Å²) < 4.78 is 12.9. The molecule has 0 saturated heterocycles. The molecular weight excluding hydrogens is 444 g/mol. The summed E-state index contributed by atoms with van der Waals surface area (Å²) in [5.41, 5.74) is 11.3. The van der Waals surface area contributed by atoms with Gasteiger partial charge in [0.05, 0.1) is 11.9 Å². The summed E-state index contributed by atoms with van der Waals surface area (Å²) in [6, 6.07) is 15.7. The number of amides is 1. The van der Waals surface area contributed by atoms with E-state index in [0.29, 0.717) is 28.6 Å². The average Bonchev–Trinajstić information content (AvgIpc) is 3.43. The van der Waals surface area contributed by atoms with Gasteiger partial charge in [-0.15, -0.1) is 0 Å². The Labute approximate surface area is 193 Å². The minimum atomic E-state index is -0.430. The Morgan fingerprint density at radius 3 is 2.82 bits per heavy atom. The highest BCUT2D eigenvalue weighted by molar-refractivity contribution is 6.31. The number of anilines is 1. The van der Waals surface area contributed by atoms with Crippen LogP contribution in [0.4, 0.5) is 5.69 Å². The van der Waals surface area contributed by atoms with Gasteiger partial charge < -0.3 is 24.9 Å². The van der Waals surface area contributed by atoms with E-state index in [1.807, 2.05) is 36.5 Å². The van der Waals surface area contributed by atoms with Crippen molar-refractivity contribution in [1.29, 1.82) is 0 Å². The Morgan fingerprint density at radius 2 is 2.00 bits per heavy atom. The largest absolute Gasteiger partial charge is 0.506 e. The molecule has 0 saturated carbocycles. The molecule has 8 nitrogen and oxygen atoms in total. The van der Waals surface area contributed by atoms with E-state index in [0.717, 1.165) is 22.0 Å². The van der Waals surface area contributed by atoms with Crippen LogP contribution in [0.3, 0.4) is 0 Å². The second-order valence-electron chi connectivity index (χ2n) is 7.49. The van der Waals surface area contributed by atoms with Crippen molar-refractivity contribution < 1.29 is 19.4 Å². The predicted molar refractivity (Wildman–Crippen MR) is 126 cm³/mol. The van der Waals surface area contributed by atoms with Crippen molar-refractivity contribution in [3.05, 3.63) is 82.5 Å². The number of benzene rings is 3. The zero-order valence-corrected chi connectivity index (χ0v) is 18.0. The minimum Gasteiger partial charge on any atom is -0.506 e. The molecule has 1 aliphatic rings. The van der Waals surface area contributed by atoms with Crippen LogP contribution in [0.2, 0.25) is 5.02 Å². The van der Waals surface area contributed by atoms with Crippen LogP contribution in [-0.4, -0.2) is 28.6 Å². The molecule has 0 bridgehead atoms. The number of carbonyl (C=O) groups excluding carboxylic acids is 1. The molecule has 33 heavy (non-hydrogen) atoms. The van der Waals surface area contributed by atoms with Gasteiger partial charge >= 0.3 is 0 Å². The zero-order chi connectivity index (χ0) is 22.9. The zero-order valence-electron chi connectivity index (χ0n) is 17.3. The second kappa shape index (κ2) is 8.40. The molecule has 2 heterocycles. The maximum Gasteiger partial charge on any atom is 0.271 e. The standard InChI is InChI=1S/C24H19ClN4O4/c25-18-10-23-22(32-13-33-23)9-16(18)12-29-7-6-17-15(2-1-3-20(17)29)11-27-28-24(31)14-4-5-21(30)19(26)8-14/h1-11,30H,12-13,26H2,(H,28,31)/b27-11+. The molecule has 166 valence electrons. The number of nitrogens with two attached hydrogens (primary N) is 1. The maximum atomic E-state index is 12.3. The molecule has 1 aromatic heterocycles. The number of nitrogens with zero attached hydrogens (tertiary/aromatic N) is 2. The van der Waals surface area contributed by atoms with Crippen LogP contribution in [-0.2, 0) is 6.54 Å². The molecule has 0 fully saturated rings. The SMILES string of the molecule is Nc1cc(C(=O)N/N=C/c2cccc3c2ccn3Cc2cc3c(cc2Cl)OCO3)ccc1O. The summed E-state index contributed by atoms with van der Waals surface area (Å²) in [5, 5.41) is 15.2. The minimum absolute atomic E-state index is 0.0757. The van der Waals surface area contributed by atoms with E-state index in [-0.39, 0.29) is 18.2 Å². The number of hydrogen-bond donors (Lipinski definition) is 3. The third-order valence-electron chi connectivity index (χ3n) is 5.39. The number of hydrogen-bond acceptors (Lipinski definition) is 6. The number of nitrogen functional groups attached to an aromatic ring is 1. The molecule has 4 aromatic rings. The van der Waals surface area contributed by atoms with E-state index in [4.69, 9.17) is 26.8 Å². The number of aromatic nitrogens is 1. The van der Waals surface area contributed by atoms with Crippen LogP contribution < -0.4 is 20.6 Å². The van der Waals surface area contributed by atoms with Crippen molar-refractivity contribution in [3.8, 4) is 17.2 Å². The highest BCUT2D eigenvalue weighted by atomic mass is 35.5. The topological polar surface area (TPSA) is 111 Å². The lowest BCUT2D eigenvalue weighted by atomic mass is 10.1. The van der Waals surface area contributed by atoms with Gasteiger partial charge in [-0.3, -0.25) is 4.79 Å². The number of phenols is 1. The molecule has 1 aliphatic heterocycles. The van der Waals surface area contributed by atoms with Crippen LogP contribution in [0.1, 0.15) is 21.5 Å². The summed E-state index contributed by atoms with van der Waals surface area (Å²) >= 11 is 6.44. The lowest BCUT2D eigenvalue weighted by molar-refractivity contribution is 0.0955. The molecule has 0 unspecified atom stereocenters. The average molecular weight is 463 g/mol. The van der Waals surface area contributed by atoms with E-state index in [1.165, 1.54) is 18.2 Å². The van der Waals surface area contributed by atoms with Gasteiger partial charge in [0.1, 0.15) is 5.75 Å². The van der Waals surface area contributed by atoms with Crippen LogP contribution in [0.15, 0.2) is 65.9 Å². The Balaban J connectivity index is 1.35. The third-order valence-corrected chi connectivity index (χ3v) is 5.74. The molecule has 0 aliphatic carbocycles. The van der Waals surface area contributed by atoms with Crippen molar-refractivity contribution >= 4 is 40.3 Å². The fourth-order valence-corrected chi connectivity index (χ4v) is 3.90. The fraction of sp³-hybridized carbons (Fsp3) is 0.0833. The number of hydrazone groups is 1. The van der Waals surface area contributed by atoms with Crippen LogP contribution >= 0.6 is 11.6 Å². The Kier molecular flexibility index (Phi) is 5.27. The summed E-state index contributed by atoms with van der Waals surface area (Å²) in [6.45, 7) is 0.750. The number of ether oxygens (including phenoxy) is 2. The number of phenolic OH excluding ortho intramolecular Hbond substituents is 1. The first-order valence-corrected chi connectivity index (χ1v) is 10.4. The van der Waals surface area contributed by atoms with Gasteiger partial charge in [-0.1, -0.05) is 23.7 Å². The van der Waals surface area contributed by atoms with Gasteiger partial charge in [-0.05, 0) is 42.0 Å². The molecule has 1 amide bonds. The lowest BCUT2D eigenvalue weighted by Gasteiger charge is -2.09. The van der Waals surface area contributed by atoms with Gasteiger partial charge in [-0.2, -0.15) is 5.10 Å². The summed E-state index contributed by atoms with van der Waals surface area (Å²) in [7, 11) is 0. The lowest BCUT2D eigenvalue weighted by Crippen LogP contribution is -2.17. The molecule has 0 spiro atoms. The van der Waals surface area contributed by atoms with E-state index < -0.39 is 5.91 Å². The highest BCUT2D eigenvalue weighted by Crippen LogP contribution is 2.37. The molecule has 5 rings (SSSR count). The smallest absolute Gasteiger partial charge is 0.271 e. The van der Waals surface area contributed by atoms with Crippen LogP contribution in [0, 0.1) is 0 Å². The Hall–Kier alpha value is -4.17. The Bertz CT molecular complexity index is 1410. The van der Waals surface area contributed by atoms with Gasteiger partial charge in [0.25, 0.3) is 5.91 Å². The molecule has 0 radical (unpaired) electrons. The van der Waals surface area contributed by atoms with Gasteiger partial charge in [0.15, 0.2) is 11.5 Å². The number of fused-ring (bicyclic) bond motifs is 2. The highest BCUT2D eigenvalue weighted by Gasteiger charge is 2.17. The maximum absolute atomic E-state index is 12.3. The fourth-order valence-electron chi connectivity index (χ4n) is 3.68. The first kappa shape index (κ1) is 20.7. The van der Waals surface area contributed by atoms with E-state index >= 15 is 0 Å². The normalized spacial score (nSPS) is 12.5.